The van der Waals surface area contributed by atoms with Crippen LogP contribution in [0.5, 0.6) is 0 Å². The molecule has 0 aliphatic rings. The molecule has 0 atom stereocenters. The molecule has 0 aliphatic carbocycles. The van der Waals surface area contributed by atoms with Crippen LogP contribution < -0.4 is 9.57 Å². The largest absolute Gasteiger partial charge is 0.275 e. The molecule has 0 spiro atoms. The number of pyridine rings is 1. The van der Waals surface area contributed by atoms with Gasteiger partial charge < -0.3 is 0 Å². The molecule has 24 heavy (non-hydrogen) atoms. The standard InChI is InChI=1S/C22H18NO/c1-24-23-14-12-17(13-15-23)10-11-19-16-18-6-2-3-7-20(18)22-9-5-4-8-21(19)22/h2-16H,1H3/q+1/b11-10+. The molecule has 3 aromatic carbocycles. The van der Waals surface area contributed by atoms with Crippen LogP contribution in [0.2, 0.25) is 0 Å². The van der Waals surface area contributed by atoms with E-state index in [1.165, 1.54) is 27.1 Å². The Morgan fingerprint density at radius 3 is 2.17 bits per heavy atom. The third-order valence-electron chi connectivity index (χ3n) is 4.29. The smallest absolute Gasteiger partial charge is 0.223 e. The van der Waals surface area contributed by atoms with Crippen molar-refractivity contribution in [2.45, 2.75) is 0 Å². The fourth-order valence-electron chi connectivity index (χ4n) is 3.06. The van der Waals surface area contributed by atoms with Crippen molar-refractivity contribution in [1.29, 1.82) is 0 Å². The zero-order chi connectivity index (χ0) is 16.4. The lowest BCUT2D eigenvalue weighted by Gasteiger charge is -2.07. The maximum atomic E-state index is 5.13. The molecule has 0 saturated heterocycles. The van der Waals surface area contributed by atoms with Gasteiger partial charge in [-0.2, -0.15) is 0 Å². The lowest BCUT2D eigenvalue weighted by atomic mass is 9.97. The number of nitrogens with zero attached hydrogens (tertiary/aromatic N) is 1. The van der Waals surface area contributed by atoms with Crippen LogP contribution >= 0.6 is 0 Å². The molecule has 0 saturated carbocycles. The Morgan fingerprint density at radius 2 is 1.42 bits per heavy atom. The van der Waals surface area contributed by atoms with Crippen LogP contribution in [0.15, 0.2) is 79.1 Å². The molecule has 116 valence electrons. The van der Waals surface area contributed by atoms with Crippen molar-refractivity contribution < 1.29 is 9.57 Å². The Kier molecular flexibility index (Phi) is 3.72. The minimum atomic E-state index is 1.14. The van der Waals surface area contributed by atoms with Crippen LogP contribution in [0.1, 0.15) is 11.1 Å². The van der Waals surface area contributed by atoms with E-state index >= 15 is 0 Å². The zero-order valence-electron chi connectivity index (χ0n) is 13.5. The second-order valence-corrected chi connectivity index (χ2v) is 5.74. The number of rotatable bonds is 3. The van der Waals surface area contributed by atoms with Crippen LogP contribution in [0.4, 0.5) is 0 Å². The monoisotopic (exact) mass is 312 g/mol. The summed E-state index contributed by atoms with van der Waals surface area (Å²) in [5, 5.41) is 5.13. The fraction of sp³-hybridized carbons (Fsp3) is 0.0455. The van der Waals surface area contributed by atoms with Gasteiger partial charge in [-0.25, -0.2) is 0 Å². The molecular formula is C22H18NO+. The Balaban J connectivity index is 1.83. The normalized spacial score (nSPS) is 11.4. The molecule has 0 N–H and O–H groups in total. The van der Waals surface area contributed by atoms with E-state index in [2.05, 4.69) is 66.7 Å². The van der Waals surface area contributed by atoms with Gasteiger partial charge in [0.05, 0.1) is 0 Å². The molecule has 0 amide bonds. The van der Waals surface area contributed by atoms with Crippen molar-refractivity contribution in [1.82, 2.24) is 0 Å². The summed E-state index contributed by atoms with van der Waals surface area (Å²) in [5.41, 5.74) is 2.37. The summed E-state index contributed by atoms with van der Waals surface area (Å²) in [4.78, 5) is 5.13. The van der Waals surface area contributed by atoms with Gasteiger partial charge in [0, 0.05) is 16.9 Å². The van der Waals surface area contributed by atoms with Gasteiger partial charge in [-0.3, -0.25) is 4.84 Å². The van der Waals surface area contributed by atoms with Gasteiger partial charge in [-0.1, -0.05) is 60.7 Å². The van der Waals surface area contributed by atoms with Crippen LogP contribution in [0, 0.1) is 0 Å². The number of hydrogen-bond acceptors (Lipinski definition) is 1. The van der Waals surface area contributed by atoms with E-state index < -0.39 is 0 Å². The first kappa shape index (κ1) is 14.5. The van der Waals surface area contributed by atoms with Gasteiger partial charge in [-0.15, -0.1) is 0 Å². The summed E-state index contributed by atoms with van der Waals surface area (Å²) < 4.78 is 1.67. The minimum absolute atomic E-state index is 1.14. The molecule has 0 fully saturated rings. The fourth-order valence-corrected chi connectivity index (χ4v) is 3.06. The molecule has 2 heteroatoms. The SMILES string of the molecule is CO[n+]1ccc(/C=C/c2cc3ccccc3c3ccccc23)cc1. The van der Waals surface area contributed by atoms with E-state index in [1.807, 2.05) is 24.5 Å². The van der Waals surface area contributed by atoms with Gasteiger partial charge in [0.2, 0.25) is 12.4 Å². The van der Waals surface area contributed by atoms with Crippen LogP contribution in [0.25, 0.3) is 33.7 Å². The van der Waals surface area contributed by atoms with E-state index in [9.17, 15) is 0 Å². The Hall–Kier alpha value is -3.13. The second kappa shape index (κ2) is 6.17. The van der Waals surface area contributed by atoms with Crippen molar-refractivity contribution in [2.75, 3.05) is 7.11 Å². The van der Waals surface area contributed by atoms with E-state index in [1.54, 1.807) is 11.8 Å². The Labute approximate surface area is 141 Å². The number of benzene rings is 3. The molecule has 0 unspecified atom stereocenters. The number of aromatic nitrogens is 1. The van der Waals surface area contributed by atoms with E-state index in [0.717, 1.165) is 5.56 Å². The topological polar surface area (TPSA) is 13.1 Å². The first-order valence-corrected chi connectivity index (χ1v) is 7.99. The quantitative estimate of drug-likeness (QED) is 0.401. The van der Waals surface area contributed by atoms with Crippen molar-refractivity contribution in [3.63, 3.8) is 0 Å². The summed E-state index contributed by atoms with van der Waals surface area (Å²) in [7, 11) is 1.65. The van der Waals surface area contributed by atoms with Crippen molar-refractivity contribution in [3.05, 3.63) is 90.3 Å². The highest BCUT2D eigenvalue weighted by atomic mass is 16.6. The van der Waals surface area contributed by atoms with Gasteiger partial charge >= 0.3 is 0 Å². The maximum Gasteiger partial charge on any atom is 0.223 e. The van der Waals surface area contributed by atoms with Crippen LogP contribution in [-0.4, -0.2) is 7.11 Å². The summed E-state index contributed by atoms with van der Waals surface area (Å²) in [5.74, 6) is 0. The molecule has 0 aliphatic heterocycles. The van der Waals surface area contributed by atoms with Crippen molar-refractivity contribution in [2.24, 2.45) is 0 Å². The molecule has 1 aromatic heterocycles. The molecule has 2 nitrogen and oxygen atoms in total. The van der Waals surface area contributed by atoms with E-state index in [4.69, 9.17) is 4.84 Å². The summed E-state index contributed by atoms with van der Waals surface area (Å²) in [6, 6.07) is 23.4. The molecule has 4 aromatic rings. The summed E-state index contributed by atoms with van der Waals surface area (Å²) in [6.07, 6.45) is 8.12. The van der Waals surface area contributed by atoms with Gasteiger partial charge in [0.1, 0.15) is 7.11 Å². The highest BCUT2D eigenvalue weighted by Gasteiger charge is 2.04. The van der Waals surface area contributed by atoms with Crippen LogP contribution in [0.3, 0.4) is 0 Å². The highest BCUT2D eigenvalue weighted by Crippen LogP contribution is 2.29. The average Bonchev–Trinajstić information content (AvgIpc) is 2.66. The molecular weight excluding hydrogens is 294 g/mol. The predicted octanol–water partition coefficient (Wildman–Crippen LogP) is 4.51. The molecule has 4 rings (SSSR count). The first-order valence-electron chi connectivity index (χ1n) is 7.99. The third kappa shape index (κ3) is 2.63. The predicted molar refractivity (Wildman–Crippen MR) is 99.5 cm³/mol. The van der Waals surface area contributed by atoms with E-state index in [-0.39, 0.29) is 0 Å². The van der Waals surface area contributed by atoms with Gasteiger partial charge in [0.15, 0.2) is 0 Å². The Morgan fingerprint density at radius 1 is 0.750 bits per heavy atom. The minimum Gasteiger partial charge on any atom is -0.275 e. The number of fused-ring (bicyclic) bond motifs is 3. The first-order chi connectivity index (χ1) is 11.8. The van der Waals surface area contributed by atoms with Crippen LogP contribution in [-0.2, 0) is 0 Å². The average molecular weight is 312 g/mol. The molecule has 0 radical (unpaired) electrons. The third-order valence-corrected chi connectivity index (χ3v) is 4.29. The summed E-state index contributed by atoms with van der Waals surface area (Å²) in [6.45, 7) is 0. The zero-order valence-corrected chi connectivity index (χ0v) is 13.5. The van der Waals surface area contributed by atoms with Gasteiger partial charge in [0.25, 0.3) is 0 Å². The van der Waals surface area contributed by atoms with Crippen molar-refractivity contribution in [3.8, 4) is 0 Å². The molecule has 0 bridgehead atoms. The second-order valence-electron chi connectivity index (χ2n) is 5.74. The maximum absolute atomic E-state index is 5.13. The summed E-state index contributed by atoms with van der Waals surface area (Å²) >= 11 is 0. The highest BCUT2D eigenvalue weighted by molar-refractivity contribution is 6.11. The Bertz CT molecular complexity index is 1030. The number of hydrogen-bond donors (Lipinski definition) is 0. The van der Waals surface area contributed by atoms with Crippen molar-refractivity contribution >= 4 is 33.7 Å². The van der Waals surface area contributed by atoms with Gasteiger partial charge in [-0.05, 0) is 38.7 Å². The lowest BCUT2D eigenvalue weighted by molar-refractivity contribution is -0.885. The molecule has 1 heterocycles. The lowest BCUT2D eigenvalue weighted by Crippen LogP contribution is -2.39. The van der Waals surface area contributed by atoms with E-state index in [0.29, 0.717) is 0 Å².